The quantitative estimate of drug-likeness (QED) is 0.310. The molecule has 0 aliphatic carbocycles. The zero-order valence-corrected chi connectivity index (χ0v) is 11.4. The van der Waals surface area contributed by atoms with Crippen molar-refractivity contribution in [2.75, 3.05) is 7.11 Å². The third kappa shape index (κ3) is 12.4. The van der Waals surface area contributed by atoms with E-state index in [9.17, 15) is 4.79 Å². The molecule has 0 aromatic heterocycles. The monoisotopic (exact) mass is 246 g/mol. The SMILES string of the molecule is CCCC#CC/C=C/CC#CCCCC(=O)OC. The van der Waals surface area contributed by atoms with Crippen molar-refractivity contribution >= 4 is 5.97 Å². The molecule has 0 aromatic rings. The van der Waals surface area contributed by atoms with Crippen LogP contribution in [0.1, 0.15) is 51.9 Å². The molecule has 0 saturated heterocycles. The van der Waals surface area contributed by atoms with E-state index in [1.165, 1.54) is 7.11 Å². The van der Waals surface area contributed by atoms with Gasteiger partial charge in [0.05, 0.1) is 7.11 Å². The van der Waals surface area contributed by atoms with Gasteiger partial charge in [0.25, 0.3) is 0 Å². The van der Waals surface area contributed by atoms with Crippen LogP contribution in [0.2, 0.25) is 0 Å². The number of methoxy groups -OCH3 is 1. The molecule has 0 atom stereocenters. The van der Waals surface area contributed by atoms with Gasteiger partial charge in [0.1, 0.15) is 0 Å². The van der Waals surface area contributed by atoms with E-state index in [1.807, 2.05) is 12.2 Å². The van der Waals surface area contributed by atoms with Crippen molar-refractivity contribution in [3.05, 3.63) is 12.2 Å². The number of carbonyl (C=O) groups excluding carboxylic acids is 1. The highest BCUT2D eigenvalue weighted by molar-refractivity contribution is 5.69. The summed E-state index contributed by atoms with van der Waals surface area (Å²) in [5, 5.41) is 0. The molecule has 0 aliphatic heterocycles. The number of esters is 1. The number of allylic oxidation sites excluding steroid dienone is 2. The summed E-state index contributed by atoms with van der Waals surface area (Å²) in [5.74, 6) is 12.1. The molecular weight excluding hydrogens is 224 g/mol. The Labute approximate surface area is 111 Å². The molecule has 0 N–H and O–H groups in total. The predicted molar refractivity (Wildman–Crippen MR) is 74.7 cm³/mol. The van der Waals surface area contributed by atoms with Gasteiger partial charge in [0.2, 0.25) is 0 Å². The molecule has 0 heterocycles. The van der Waals surface area contributed by atoms with E-state index >= 15 is 0 Å². The lowest BCUT2D eigenvalue weighted by molar-refractivity contribution is -0.140. The van der Waals surface area contributed by atoms with Crippen LogP contribution in [0.15, 0.2) is 12.2 Å². The van der Waals surface area contributed by atoms with E-state index in [-0.39, 0.29) is 5.97 Å². The number of hydrogen-bond donors (Lipinski definition) is 0. The molecule has 0 rings (SSSR count). The third-order valence-corrected chi connectivity index (χ3v) is 2.14. The number of carbonyl (C=O) groups is 1. The van der Waals surface area contributed by atoms with Crippen LogP contribution < -0.4 is 0 Å². The number of ether oxygens (including phenoxy) is 1. The van der Waals surface area contributed by atoms with E-state index in [4.69, 9.17) is 0 Å². The average Bonchev–Trinajstić information content (AvgIpc) is 2.39. The summed E-state index contributed by atoms with van der Waals surface area (Å²) in [7, 11) is 1.40. The van der Waals surface area contributed by atoms with Crippen LogP contribution in [-0.4, -0.2) is 13.1 Å². The maximum atomic E-state index is 10.8. The lowest BCUT2D eigenvalue weighted by Crippen LogP contribution is -1.98. The standard InChI is InChI=1S/C16H22O2/c1-3-4-5-6-7-8-9-10-11-12-13-14-15-16(17)18-2/h8-9H,3-4,7,10,13-15H2,1-2H3/b9-8+. The van der Waals surface area contributed by atoms with Gasteiger partial charge >= 0.3 is 5.97 Å². The van der Waals surface area contributed by atoms with Crippen LogP contribution >= 0.6 is 0 Å². The van der Waals surface area contributed by atoms with E-state index in [1.54, 1.807) is 0 Å². The van der Waals surface area contributed by atoms with Gasteiger partial charge in [0.15, 0.2) is 0 Å². The molecule has 0 aromatic carbocycles. The van der Waals surface area contributed by atoms with Gasteiger partial charge in [-0.05, 0) is 12.8 Å². The highest BCUT2D eigenvalue weighted by atomic mass is 16.5. The molecule has 0 unspecified atom stereocenters. The molecule has 2 heteroatoms. The van der Waals surface area contributed by atoms with E-state index < -0.39 is 0 Å². The maximum Gasteiger partial charge on any atom is 0.305 e. The van der Waals surface area contributed by atoms with E-state index in [2.05, 4.69) is 35.3 Å². The minimum Gasteiger partial charge on any atom is -0.469 e. The molecule has 2 nitrogen and oxygen atoms in total. The highest BCUT2D eigenvalue weighted by Crippen LogP contribution is 1.95. The zero-order chi connectivity index (χ0) is 13.5. The first-order chi connectivity index (χ1) is 8.81. The molecule has 0 bridgehead atoms. The third-order valence-electron chi connectivity index (χ3n) is 2.14. The van der Waals surface area contributed by atoms with Gasteiger partial charge in [-0.3, -0.25) is 4.79 Å². The first kappa shape index (κ1) is 16.3. The molecule has 0 radical (unpaired) electrons. The van der Waals surface area contributed by atoms with Crippen molar-refractivity contribution in [1.82, 2.24) is 0 Å². The van der Waals surface area contributed by atoms with Crippen molar-refractivity contribution in [3.8, 4) is 23.7 Å². The summed E-state index contributed by atoms with van der Waals surface area (Å²) in [6.07, 6.45) is 9.72. The van der Waals surface area contributed by atoms with Crippen LogP contribution in [0.3, 0.4) is 0 Å². The summed E-state index contributed by atoms with van der Waals surface area (Å²) >= 11 is 0. The van der Waals surface area contributed by atoms with Gasteiger partial charge in [0, 0.05) is 32.1 Å². The lowest BCUT2D eigenvalue weighted by atomic mass is 10.2. The second-order valence-corrected chi connectivity index (χ2v) is 3.77. The van der Waals surface area contributed by atoms with Crippen molar-refractivity contribution in [2.45, 2.75) is 51.9 Å². The second kappa shape index (κ2) is 13.4. The van der Waals surface area contributed by atoms with Crippen molar-refractivity contribution in [3.63, 3.8) is 0 Å². The minimum absolute atomic E-state index is 0.164. The van der Waals surface area contributed by atoms with Crippen LogP contribution in [0.25, 0.3) is 0 Å². The molecule has 18 heavy (non-hydrogen) atoms. The highest BCUT2D eigenvalue weighted by Gasteiger charge is 1.96. The number of rotatable bonds is 6. The van der Waals surface area contributed by atoms with Gasteiger partial charge in [-0.15, -0.1) is 11.8 Å². The fourth-order valence-electron chi connectivity index (χ4n) is 1.15. The molecular formula is C16H22O2. The summed E-state index contributed by atoms with van der Waals surface area (Å²) in [4.78, 5) is 10.8. The van der Waals surface area contributed by atoms with E-state index in [0.29, 0.717) is 6.42 Å². The Morgan fingerprint density at radius 2 is 1.67 bits per heavy atom. The first-order valence-electron chi connectivity index (χ1n) is 6.44. The summed E-state index contributed by atoms with van der Waals surface area (Å²) in [5.41, 5.74) is 0. The summed E-state index contributed by atoms with van der Waals surface area (Å²) < 4.78 is 4.54. The van der Waals surface area contributed by atoms with Gasteiger partial charge in [-0.2, -0.15) is 0 Å². The van der Waals surface area contributed by atoms with Crippen LogP contribution in [0.4, 0.5) is 0 Å². The Morgan fingerprint density at radius 3 is 2.22 bits per heavy atom. The van der Waals surface area contributed by atoms with Crippen molar-refractivity contribution < 1.29 is 9.53 Å². The second-order valence-electron chi connectivity index (χ2n) is 3.77. The van der Waals surface area contributed by atoms with Gasteiger partial charge in [-0.25, -0.2) is 0 Å². The molecule has 0 aliphatic rings. The summed E-state index contributed by atoms with van der Waals surface area (Å²) in [6, 6.07) is 0. The van der Waals surface area contributed by atoms with Gasteiger partial charge < -0.3 is 4.74 Å². The Balaban J connectivity index is 3.46. The smallest absolute Gasteiger partial charge is 0.305 e. The molecule has 0 spiro atoms. The fourth-order valence-corrected chi connectivity index (χ4v) is 1.15. The lowest BCUT2D eigenvalue weighted by Gasteiger charge is -1.93. The molecule has 0 saturated carbocycles. The largest absolute Gasteiger partial charge is 0.469 e. The Morgan fingerprint density at radius 1 is 1.06 bits per heavy atom. The Bertz CT molecular complexity index is 358. The van der Waals surface area contributed by atoms with E-state index in [0.717, 1.165) is 38.5 Å². The Hall–Kier alpha value is -1.67. The van der Waals surface area contributed by atoms with Crippen LogP contribution in [-0.2, 0) is 9.53 Å². The van der Waals surface area contributed by atoms with Crippen molar-refractivity contribution in [1.29, 1.82) is 0 Å². The summed E-state index contributed by atoms with van der Waals surface area (Å²) in [6.45, 7) is 2.13. The first-order valence-corrected chi connectivity index (χ1v) is 6.44. The average molecular weight is 246 g/mol. The minimum atomic E-state index is -0.164. The number of hydrogen-bond acceptors (Lipinski definition) is 2. The maximum absolute atomic E-state index is 10.8. The predicted octanol–water partition coefficient (Wildman–Crippen LogP) is 3.47. The van der Waals surface area contributed by atoms with Crippen molar-refractivity contribution in [2.24, 2.45) is 0 Å². The Kier molecular flexibility index (Phi) is 12.2. The zero-order valence-electron chi connectivity index (χ0n) is 11.4. The fraction of sp³-hybridized carbons (Fsp3) is 0.562. The van der Waals surface area contributed by atoms with Crippen LogP contribution in [0, 0.1) is 23.7 Å². The molecule has 0 amide bonds. The number of unbranched alkanes of at least 4 members (excludes halogenated alkanes) is 2. The molecule has 98 valence electrons. The molecule has 0 fully saturated rings. The van der Waals surface area contributed by atoms with Gasteiger partial charge in [-0.1, -0.05) is 30.9 Å². The normalized spacial score (nSPS) is 9.22. The van der Waals surface area contributed by atoms with Crippen LogP contribution in [0.5, 0.6) is 0 Å². The topological polar surface area (TPSA) is 26.3 Å².